The maximum Gasteiger partial charge on any atom is 0.354 e. The van der Waals surface area contributed by atoms with Crippen molar-refractivity contribution < 1.29 is 24.2 Å². The number of ketones is 1. The molecule has 2 aromatic heterocycles. The molecule has 32 heavy (non-hydrogen) atoms. The fraction of sp³-hybridized carbons (Fsp3) is 0.435. The van der Waals surface area contributed by atoms with Crippen LogP contribution in [0.15, 0.2) is 23.1 Å². The molecule has 0 aliphatic carbocycles. The van der Waals surface area contributed by atoms with E-state index in [9.17, 15) is 19.5 Å². The minimum Gasteiger partial charge on any atom is -0.507 e. The number of ether oxygens (including phenoxy) is 1. The number of amides is 1. The van der Waals surface area contributed by atoms with Crippen LogP contribution < -0.4 is 0 Å². The number of aryl methyl sites for hydroxylation is 1. The van der Waals surface area contributed by atoms with E-state index in [4.69, 9.17) is 4.74 Å². The van der Waals surface area contributed by atoms with Crippen LogP contribution in [0.3, 0.4) is 0 Å². The molecule has 1 amide bonds. The number of carbonyl (C=O) groups excluding carboxylic acids is 3. The number of thiophene rings is 1. The van der Waals surface area contributed by atoms with Crippen molar-refractivity contribution in [2.24, 2.45) is 0 Å². The smallest absolute Gasteiger partial charge is 0.354 e. The quantitative estimate of drug-likeness (QED) is 0.272. The Morgan fingerprint density at radius 3 is 2.53 bits per heavy atom. The number of hydrogen-bond acceptors (Lipinski definition) is 7. The molecule has 1 aliphatic rings. The van der Waals surface area contributed by atoms with Crippen molar-refractivity contribution in [1.29, 1.82) is 0 Å². The summed E-state index contributed by atoms with van der Waals surface area (Å²) < 4.78 is 4.80. The summed E-state index contributed by atoms with van der Waals surface area (Å²) in [6.07, 6.45) is 0. The van der Waals surface area contributed by atoms with Gasteiger partial charge in [-0.1, -0.05) is 19.9 Å². The molecule has 172 valence electrons. The topological polar surface area (TPSA) is 103 Å². The summed E-state index contributed by atoms with van der Waals surface area (Å²) in [5, 5.41) is 13.2. The van der Waals surface area contributed by atoms with Gasteiger partial charge in [0.05, 0.1) is 18.7 Å². The van der Waals surface area contributed by atoms with Crippen LogP contribution in [-0.4, -0.2) is 70.8 Å². The first-order chi connectivity index (χ1) is 15.3. The van der Waals surface area contributed by atoms with Crippen molar-refractivity contribution in [2.75, 3.05) is 33.3 Å². The molecule has 0 spiro atoms. The number of hydrogen-bond donors (Lipinski definition) is 2. The summed E-state index contributed by atoms with van der Waals surface area (Å²) in [4.78, 5) is 45.7. The number of methoxy groups -OCH3 is 1. The predicted octanol–water partition coefficient (Wildman–Crippen LogP) is 3.24. The summed E-state index contributed by atoms with van der Waals surface area (Å²) in [7, 11) is 1.27. The molecule has 1 saturated heterocycles. The number of rotatable bonds is 8. The zero-order chi connectivity index (χ0) is 23.6. The average Bonchev–Trinajstić information content (AvgIpc) is 3.47. The zero-order valence-electron chi connectivity index (χ0n) is 19.0. The third-order valence-electron chi connectivity index (χ3n) is 5.97. The number of nitrogens with one attached hydrogen (secondary N) is 1. The molecular weight excluding hydrogens is 430 g/mol. The van der Waals surface area contributed by atoms with E-state index in [1.54, 1.807) is 13.8 Å². The van der Waals surface area contributed by atoms with Gasteiger partial charge in [0.25, 0.3) is 11.7 Å². The molecular formula is C23H29N3O5S. The molecule has 8 nitrogen and oxygen atoms in total. The molecule has 1 unspecified atom stereocenters. The highest BCUT2D eigenvalue weighted by molar-refractivity contribution is 7.10. The maximum absolute atomic E-state index is 13.1. The van der Waals surface area contributed by atoms with Crippen LogP contribution in [0.4, 0.5) is 0 Å². The van der Waals surface area contributed by atoms with Crippen molar-refractivity contribution in [3.63, 3.8) is 0 Å². The third-order valence-corrected chi connectivity index (χ3v) is 6.89. The van der Waals surface area contributed by atoms with Gasteiger partial charge in [-0.2, -0.15) is 0 Å². The summed E-state index contributed by atoms with van der Waals surface area (Å²) in [5.74, 6) is -2.20. The Morgan fingerprint density at radius 1 is 1.28 bits per heavy atom. The van der Waals surface area contributed by atoms with Gasteiger partial charge < -0.3 is 24.6 Å². The molecule has 0 radical (unpaired) electrons. The summed E-state index contributed by atoms with van der Waals surface area (Å²) in [6.45, 7) is 10.1. The van der Waals surface area contributed by atoms with Gasteiger partial charge in [0, 0.05) is 29.2 Å². The molecule has 3 rings (SSSR count). The predicted molar refractivity (Wildman–Crippen MR) is 123 cm³/mol. The number of esters is 1. The molecule has 9 heteroatoms. The minimum atomic E-state index is -0.722. The maximum atomic E-state index is 13.1. The van der Waals surface area contributed by atoms with Crippen LogP contribution >= 0.6 is 11.3 Å². The highest BCUT2D eigenvalue weighted by atomic mass is 32.1. The van der Waals surface area contributed by atoms with E-state index in [1.807, 2.05) is 31.4 Å². The van der Waals surface area contributed by atoms with Gasteiger partial charge in [-0.05, 0) is 43.9 Å². The molecule has 3 heterocycles. The second-order valence-electron chi connectivity index (χ2n) is 7.65. The lowest BCUT2D eigenvalue weighted by Gasteiger charge is -2.27. The van der Waals surface area contributed by atoms with E-state index in [0.29, 0.717) is 29.9 Å². The average molecular weight is 460 g/mol. The first-order valence-corrected chi connectivity index (χ1v) is 11.5. The van der Waals surface area contributed by atoms with Gasteiger partial charge in [0.2, 0.25) is 0 Å². The Balaban J connectivity index is 2.12. The van der Waals surface area contributed by atoms with Crippen molar-refractivity contribution in [3.05, 3.63) is 50.5 Å². The van der Waals surface area contributed by atoms with E-state index in [1.165, 1.54) is 23.3 Å². The van der Waals surface area contributed by atoms with E-state index < -0.39 is 23.7 Å². The third kappa shape index (κ3) is 4.10. The second-order valence-corrected chi connectivity index (χ2v) is 8.63. The normalized spacial score (nSPS) is 18.1. The van der Waals surface area contributed by atoms with Crippen molar-refractivity contribution >= 4 is 34.8 Å². The van der Waals surface area contributed by atoms with Gasteiger partial charge in [0.15, 0.2) is 0 Å². The molecule has 0 aromatic carbocycles. The van der Waals surface area contributed by atoms with E-state index >= 15 is 0 Å². The fourth-order valence-corrected chi connectivity index (χ4v) is 5.03. The standard InChI is InChI=1S/C23H29N3O5S/c1-6-25(7-2)10-11-26-19(15-9-8-12-32-15)17(21(28)22(26)29)20(27)16-13(3)18(23(30)31-5)24-14(16)4/h8-9,12,19,24,27H,6-7,10-11H2,1-5H3/b20-17-. The van der Waals surface area contributed by atoms with Gasteiger partial charge in [0.1, 0.15) is 11.5 Å². The first kappa shape index (κ1) is 23.7. The number of H-pyrrole nitrogens is 1. The minimum absolute atomic E-state index is 0.0404. The van der Waals surface area contributed by atoms with Crippen molar-refractivity contribution in [3.8, 4) is 0 Å². The number of aromatic nitrogens is 1. The van der Waals surface area contributed by atoms with Crippen LogP contribution in [-0.2, 0) is 14.3 Å². The van der Waals surface area contributed by atoms with E-state index in [0.717, 1.165) is 18.0 Å². The molecule has 0 bridgehead atoms. The summed E-state index contributed by atoms with van der Waals surface area (Å²) in [6, 6.07) is 3.03. The van der Waals surface area contributed by atoms with Crippen LogP contribution in [0.5, 0.6) is 0 Å². The Kier molecular flexibility index (Phi) is 7.20. The second kappa shape index (κ2) is 9.70. The van der Waals surface area contributed by atoms with Crippen LogP contribution in [0.2, 0.25) is 0 Å². The molecule has 2 aromatic rings. The van der Waals surface area contributed by atoms with Crippen molar-refractivity contribution in [1.82, 2.24) is 14.8 Å². The number of nitrogens with zero attached hydrogens (tertiary/aromatic N) is 2. The van der Waals surface area contributed by atoms with Crippen molar-refractivity contribution in [2.45, 2.75) is 33.7 Å². The highest BCUT2D eigenvalue weighted by Gasteiger charge is 2.47. The first-order valence-electron chi connectivity index (χ1n) is 10.6. The van der Waals surface area contributed by atoms with Gasteiger partial charge in [-0.15, -0.1) is 11.3 Å². The molecule has 2 N–H and O–H groups in total. The largest absolute Gasteiger partial charge is 0.507 e. The summed E-state index contributed by atoms with van der Waals surface area (Å²) >= 11 is 1.43. The van der Waals surface area contributed by atoms with Crippen LogP contribution in [0.25, 0.3) is 5.76 Å². The van der Waals surface area contributed by atoms with E-state index in [2.05, 4.69) is 9.88 Å². The Labute approximate surface area is 191 Å². The molecule has 1 aliphatic heterocycles. The van der Waals surface area contributed by atoms with Crippen LogP contribution in [0, 0.1) is 13.8 Å². The Hall–Kier alpha value is -2.91. The van der Waals surface area contributed by atoms with Gasteiger partial charge >= 0.3 is 5.97 Å². The number of carbonyl (C=O) groups is 3. The van der Waals surface area contributed by atoms with Gasteiger partial charge in [-0.25, -0.2) is 4.79 Å². The molecule has 1 fully saturated rings. The van der Waals surface area contributed by atoms with Gasteiger partial charge in [-0.3, -0.25) is 9.59 Å². The zero-order valence-corrected chi connectivity index (χ0v) is 19.8. The Morgan fingerprint density at radius 2 is 1.97 bits per heavy atom. The molecule has 0 saturated carbocycles. The number of aliphatic hydroxyl groups is 1. The SMILES string of the molecule is CCN(CC)CCN1C(=O)C(=O)/C(=C(\O)c2c(C)[nH]c(C(=O)OC)c2C)C1c1cccs1. The number of Topliss-reactive ketones (excluding diaryl/α,β-unsaturated/α-hetero) is 1. The number of likely N-dealkylation sites (tertiary alicyclic amines) is 1. The Bertz CT molecular complexity index is 1050. The fourth-order valence-electron chi connectivity index (χ4n) is 4.19. The lowest BCUT2D eigenvalue weighted by molar-refractivity contribution is -0.140. The molecule has 1 atom stereocenters. The number of aromatic amines is 1. The van der Waals surface area contributed by atoms with Crippen LogP contribution in [0.1, 0.15) is 52.1 Å². The summed E-state index contributed by atoms with van der Waals surface area (Å²) in [5.41, 5.74) is 1.56. The lowest BCUT2D eigenvalue weighted by atomic mass is 9.97. The van der Waals surface area contributed by atoms with E-state index in [-0.39, 0.29) is 17.0 Å². The monoisotopic (exact) mass is 459 g/mol. The number of aliphatic hydroxyl groups excluding tert-OH is 1. The highest BCUT2D eigenvalue weighted by Crippen LogP contribution is 2.42. The number of likely N-dealkylation sites (N-methyl/N-ethyl adjacent to an activating group) is 1. The lowest BCUT2D eigenvalue weighted by Crippen LogP contribution is -2.37.